The second-order valence-electron chi connectivity index (χ2n) is 10.7. The summed E-state index contributed by atoms with van der Waals surface area (Å²) in [5.41, 5.74) is 3.84. The van der Waals surface area contributed by atoms with E-state index in [0.29, 0.717) is 30.3 Å². The number of aliphatic hydroxyl groups excluding tert-OH is 1. The van der Waals surface area contributed by atoms with Gasteiger partial charge in [0.15, 0.2) is 0 Å². The van der Waals surface area contributed by atoms with Gasteiger partial charge in [-0.1, -0.05) is 57.0 Å². The molecule has 1 amide bonds. The Morgan fingerprint density at radius 3 is 2.73 bits per heavy atom. The molecule has 5 unspecified atom stereocenters. The minimum atomic E-state index is -1.46. The van der Waals surface area contributed by atoms with Crippen LogP contribution >= 0.6 is 11.6 Å². The molecule has 1 saturated carbocycles. The molecule has 2 N–H and O–H groups in total. The minimum Gasteiger partial charge on any atom is -0.491 e. The summed E-state index contributed by atoms with van der Waals surface area (Å²) >= 11 is 6.36. The quantitative estimate of drug-likeness (QED) is 0.405. The Balaban J connectivity index is 0.00000181. The second kappa shape index (κ2) is 14.5. The van der Waals surface area contributed by atoms with Crippen LogP contribution in [0.2, 0.25) is 5.02 Å². The van der Waals surface area contributed by atoms with Crippen LogP contribution in [-0.4, -0.2) is 46.8 Å². The molecular formula is C32H43ClN2O4S. The number of halogens is 1. The molecule has 2 heterocycles. The van der Waals surface area contributed by atoms with Crippen molar-refractivity contribution < 1.29 is 18.8 Å². The Morgan fingerprint density at radius 1 is 1.15 bits per heavy atom. The summed E-state index contributed by atoms with van der Waals surface area (Å²) in [6, 6.07) is 11.6. The van der Waals surface area contributed by atoms with Crippen LogP contribution in [0.15, 0.2) is 48.6 Å². The first kappa shape index (κ1) is 30.6. The summed E-state index contributed by atoms with van der Waals surface area (Å²) in [5.74, 6) is 1.46. The highest BCUT2D eigenvalue weighted by molar-refractivity contribution is 7.83. The highest BCUT2D eigenvalue weighted by Gasteiger charge is 2.38. The van der Waals surface area contributed by atoms with Crippen molar-refractivity contribution in [3.63, 3.8) is 0 Å². The molecule has 0 radical (unpaired) electrons. The fourth-order valence-corrected chi connectivity index (χ4v) is 6.98. The Hall–Kier alpha value is -2.35. The Labute approximate surface area is 246 Å². The van der Waals surface area contributed by atoms with Gasteiger partial charge in [-0.25, -0.2) is 4.21 Å². The SMILES string of the molecule is CC.CCCc1cc(Cl)ccc1C1COc2ccc3cc2N(C1)CC1CCC1C(O)/C=C/CCCS(=O)NC3=O. The molecule has 1 fully saturated rings. The van der Waals surface area contributed by atoms with Gasteiger partial charge < -0.3 is 14.7 Å². The summed E-state index contributed by atoms with van der Waals surface area (Å²) < 4.78 is 21.5. The third kappa shape index (κ3) is 7.29. The summed E-state index contributed by atoms with van der Waals surface area (Å²) in [6.07, 6.45) is 8.85. The lowest BCUT2D eigenvalue weighted by Crippen LogP contribution is -2.44. The van der Waals surface area contributed by atoms with E-state index in [0.717, 1.165) is 61.7 Å². The molecular weight excluding hydrogens is 544 g/mol. The maximum absolute atomic E-state index is 13.0. The number of carbonyl (C=O) groups is 1. The van der Waals surface area contributed by atoms with Gasteiger partial charge >= 0.3 is 0 Å². The van der Waals surface area contributed by atoms with E-state index in [4.69, 9.17) is 16.3 Å². The molecule has 40 heavy (non-hydrogen) atoms. The van der Waals surface area contributed by atoms with E-state index in [-0.39, 0.29) is 17.7 Å². The van der Waals surface area contributed by atoms with Gasteiger partial charge in [-0.3, -0.25) is 9.52 Å². The molecule has 6 nitrogen and oxygen atoms in total. The first-order valence-corrected chi connectivity index (χ1v) is 16.5. The molecule has 2 aliphatic heterocycles. The minimum absolute atomic E-state index is 0.125. The van der Waals surface area contributed by atoms with Crippen molar-refractivity contribution in [2.24, 2.45) is 11.8 Å². The molecule has 3 aliphatic rings. The van der Waals surface area contributed by atoms with Crippen molar-refractivity contribution in [1.29, 1.82) is 0 Å². The molecule has 2 aromatic carbocycles. The third-order valence-corrected chi connectivity index (χ3v) is 9.42. The lowest BCUT2D eigenvalue weighted by Gasteiger charge is -2.42. The topological polar surface area (TPSA) is 78.9 Å². The van der Waals surface area contributed by atoms with Crippen LogP contribution in [0.4, 0.5) is 5.69 Å². The fourth-order valence-electron chi connectivity index (χ4n) is 5.93. The number of anilines is 1. The molecule has 8 heteroatoms. The molecule has 218 valence electrons. The van der Waals surface area contributed by atoms with Crippen LogP contribution in [0.3, 0.4) is 0 Å². The van der Waals surface area contributed by atoms with Crippen molar-refractivity contribution in [3.8, 4) is 5.75 Å². The number of hydrogen-bond donors (Lipinski definition) is 2. The van der Waals surface area contributed by atoms with E-state index in [9.17, 15) is 14.1 Å². The van der Waals surface area contributed by atoms with Gasteiger partial charge in [0.1, 0.15) is 16.7 Å². The maximum atomic E-state index is 13.0. The number of rotatable bonds is 3. The van der Waals surface area contributed by atoms with Crippen LogP contribution in [0, 0.1) is 11.8 Å². The highest BCUT2D eigenvalue weighted by atomic mass is 35.5. The summed E-state index contributed by atoms with van der Waals surface area (Å²) in [5, 5.41) is 11.7. The van der Waals surface area contributed by atoms with Gasteiger partial charge in [0.25, 0.3) is 5.91 Å². The molecule has 0 aromatic heterocycles. The highest BCUT2D eigenvalue weighted by Crippen LogP contribution is 2.42. The van der Waals surface area contributed by atoms with Crippen molar-refractivity contribution in [3.05, 3.63) is 70.3 Å². The normalized spacial score (nSPS) is 27.5. The number of hydrogen-bond acceptors (Lipinski definition) is 5. The van der Waals surface area contributed by atoms with Crippen LogP contribution < -0.4 is 14.4 Å². The average molecular weight is 587 g/mol. The first-order chi connectivity index (χ1) is 19.4. The van der Waals surface area contributed by atoms with Gasteiger partial charge in [0, 0.05) is 35.3 Å². The number of aliphatic hydroxyl groups is 1. The predicted octanol–water partition coefficient (Wildman–Crippen LogP) is 6.43. The fraction of sp³-hybridized carbons (Fsp3) is 0.531. The number of nitrogens with zero attached hydrogens (tertiary/aromatic N) is 1. The van der Waals surface area contributed by atoms with E-state index in [1.807, 2.05) is 44.2 Å². The van der Waals surface area contributed by atoms with Gasteiger partial charge in [-0.05, 0) is 85.4 Å². The number of allylic oxidation sites excluding steroid dienone is 1. The largest absolute Gasteiger partial charge is 0.491 e. The molecule has 0 spiro atoms. The Bertz CT molecular complexity index is 1220. The Morgan fingerprint density at radius 2 is 1.98 bits per heavy atom. The average Bonchev–Trinajstić information content (AvgIpc) is 3.11. The van der Waals surface area contributed by atoms with Gasteiger partial charge in [0.05, 0.1) is 18.4 Å². The monoisotopic (exact) mass is 586 g/mol. The Kier molecular flexibility index (Phi) is 11.1. The summed E-state index contributed by atoms with van der Waals surface area (Å²) in [4.78, 5) is 15.3. The second-order valence-corrected chi connectivity index (χ2v) is 12.5. The molecule has 2 bridgehead atoms. The zero-order valence-corrected chi connectivity index (χ0v) is 25.5. The van der Waals surface area contributed by atoms with Crippen molar-refractivity contribution in [2.75, 3.05) is 30.3 Å². The van der Waals surface area contributed by atoms with E-state index in [2.05, 4.69) is 28.7 Å². The van der Waals surface area contributed by atoms with Crippen molar-refractivity contribution >= 4 is 34.2 Å². The van der Waals surface area contributed by atoms with E-state index >= 15 is 0 Å². The summed E-state index contributed by atoms with van der Waals surface area (Å²) in [6.45, 7) is 8.20. The zero-order valence-electron chi connectivity index (χ0n) is 23.9. The number of aryl methyl sites for hydroxylation is 1. The zero-order chi connectivity index (χ0) is 28.6. The number of benzene rings is 2. The van der Waals surface area contributed by atoms with Crippen molar-refractivity contribution in [1.82, 2.24) is 4.72 Å². The third-order valence-electron chi connectivity index (χ3n) is 8.12. The molecule has 0 saturated heterocycles. The number of nitrogens with one attached hydrogen (secondary N) is 1. The van der Waals surface area contributed by atoms with Crippen LogP contribution in [0.25, 0.3) is 0 Å². The molecule has 2 aromatic rings. The molecule has 5 rings (SSSR count). The number of fused-ring (bicyclic) bond motifs is 2. The lowest BCUT2D eigenvalue weighted by atomic mass is 9.70. The van der Waals surface area contributed by atoms with Crippen molar-refractivity contribution in [2.45, 2.75) is 71.3 Å². The van der Waals surface area contributed by atoms with Gasteiger partial charge in [-0.15, -0.1) is 0 Å². The molecule has 1 aliphatic carbocycles. The summed E-state index contributed by atoms with van der Waals surface area (Å²) in [7, 11) is -1.46. The van der Waals surface area contributed by atoms with E-state index < -0.39 is 17.1 Å². The number of amides is 1. The number of ether oxygens (including phenoxy) is 1. The first-order valence-electron chi connectivity index (χ1n) is 14.8. The van der Waals surface area contributed by atoms with Crippen LogP contribution in [0.5, 0.6) is 5.75 Å². The maximum Gasteiger partial charge on any atom is 0.263 e. The van der Waals surface area contributed by atoms with Crippen LogP contribution in [-0.2, 0) is 17.4 Å². The van der Waals surface area contributed by atoms with Gasteiger partial charge in [0.2, 0.25) is 0 Å². The van der Waals surface area contributed by atoms with E-state index in [1.54, 1.807) is 6.07 Å². The standard InChI is InChI=1S/C30H37ClN2O4S.C2H6/c1-2-6-20-15-24(31)10-12-25(20)23-18-33-17-22-8-11-26(22)28(34)7-4-3-5-14-38(36)32-30(35)21-9-13-29(37-19-23)27(33)16-21;1-2/h4,7,9-10,12-13,15-16,22-23,26,28,34H,2-3,5-6,8,11,14,17-19H2,1H3,(H,32,35);1-2H3/b7-4+;. The number of carbonyl (C=O) groups excluding carboxylic acids is 1. The lowest BCUT2D eigenvalue weighted by molar-refractivity contribution is 0.0461. The predicted molar refractivity (Wildman–Crippen MR) is 165 cm³/mol. The van der Waals surface area contributed by atoms with E-state index in [1.165, 1.54) is 11.1 Å². The smallest absolute Gasteiger partial charge is 0.263 e. The van der Waals surface area contributed by atoms with Gasteiger partial charge in [-0.2, -0.15) is 0 Å². The van der Waals surface area contributed by atoms with Crippen LogP contribution in [0.1, 0.15) is 80.3 Å². The molecule has 5 atom stereocenters.